The Morgan fingerprint density at radius 3 is 1.96 bits per heavy atom. The Morgan fingerprint density at radius 2 is 1.42 bits per heavy atom. The Balaban J connectivity index is 1.70. The Kier molecular flexibility index (Phi) is 14.3. The van der Waals surface area contributed by atoms with E-state index in [0.717, 1.165) is 28.5 Å². The third-order valence-corrected chi connectivity index (χ3v) is 8.16. The number of carbonyl (C=O) groups excluding carboxylic acids is 5. The maximum absolute atomic E-state index is 13.7. The van der Waals surface area contributed by atoms with E-state index < -0.39 is 47.9 Å². The van der Waals surface area contributed by atoms with Gasteiger partial charge >= 0.3 is 12.1 Å². The van der Waals surface area contributed by atoms with Gasteiger partial charge in [-0.1, -0.05) is 76.2 Å². The molecule has 0 aromatic heterocycles. The largest absolute Gasteiger partial charge is 0.461 e. The minimum absolute atomic E-state index is 0.0240. The molecule has 11 heteroatoms. The first-order valence-corrected chi connectivity index (χ1v) is 16.7. The fourth-order valence-corrected chi connectivity index (χ4v) is 6.05. The number of nitrogens with zero attached hydrogens (tertiary/aromatic N) is 1. The number of esters is 1. The third-order valence-electron chi connectivity index (χ3n) is 8.16. The number of carbonyl (C=O) groups is 5. The first kappa shape index (κ1) is 37.9. The van der Waals surface area contributed by atoms with E-state index in [0.29, 0.717) is 12.8 Å². The molecule has 260 valence electrons. The van der Waals surface area contributed by atoms with Crippen LogP contribution in [0.2, 0.25) is 0 Å². The number of hydrazone groups is 1. The zero-order valence-corrected chi connectivity index (χ0v) is 28.9. The van der Waals surface area contributed by atoms with Crippen molar-refractivity contribution in [2.45, 2.75) is 97.8 Å². The summed E-state index contributed by atoms with van der Waals surface area (Å²) < 4.78 is 11.0. The molecule has 0 radical (unpaired) electrons. The Morgan fingerprint density at radius 1 is 0.833 bits per heavy atom. The van der Waals surface area contributed by atoms with E-state index in [1.54, 1.807) is 13.8 Å². The normalized spacial score (nSPS) is 14.4. The fraction of sp³-hybridized carbons (Fsp3) is 0.514. The lowest BCUT2D eigenvalue weighted by molar-refractivity contribution is -0.152. The average molecular weight is 663 g/mol. The molecule has 0 bridgehead atoms. The fourth-order valence-electron chi connectivity index (χ4n) is 6.05. The van der Waals surface area contributed by atoms with Crippen LogP contribution in [0.1, 0.15) is 90.7 Å². The van der Waals surface area contributed by atoms with Crippen molar-refractivity contribution in [2.24, 2.45) is 28.7 Å². The summed E-state index contributed by atoms with van der Waals surface area (Å²) in [4.78, 5) is 65.3. The molecule has 11 nitrogen and oxygen atoms in total. The lowest BCUT2D eigenvalue weighted by atomic mass is 9.87. The summed E-state index contributed by atoms with van der Waals surface area (Å²) in [5.74, 6) is 2.36. The van der Waals surface area contributed by atoms with Crippen LogP contribution in [-0.4, -0.2) is 60.5 Å². The van der Waals surface area contributed by atoms with Crippen molar-refractivity contribution in [1.82, 2.24) is 10.6 Å². The highest BCUT2D eigenvalue weighted by atomic mass is 16.6. The number of rotatable bonds is 18. The van der Waals surface area contributed by atoms with Crippen LogP contribution < -0.4 is 16.5 Å². The number of alkyl carbamates (subject to hydrolysis) is 1. The smallest absolute Gasteiger partial charge is 0.407 e. The predicted octanol–water partition coefficient (Wildman–Crippen LogP) is 5.29. The van der Waals surface area contributed by atoms with E-state index in [2.05, 4.69) is 27.9 Å². The Labute approximate surface area is 283 Å². The van der Waals surface area contributed by atoms with Gasteiger partial charge in [-0.2, -0.15) is 5.10 Å². The number of ketones is 2. The van der Waals surface area contributed by atoms with Gasteiger partial charge in [0.05, 0.1) is 18.4 Å². The topological polar surface area (TPSA) is 166 Å². The lowest BCUT2D eigenvalue weighted by Gasteiger charge is -2.25. The number of Topliss-reactive ketones (excluding diaryl/α,β-unsaturated/α-hetero) is 2. The number of hydrogen-bond donors (Lipinski definition) is 3. The number of amides is 2. The maximum atomic E-state index is 13.7. The lowest BCUT2D eigenvalue weighted by Crippen LogP contribution is -2.47. The van der Waals surface area contributed by atoms with Crippen LogP contribution in [0, 0.1) is 17.8 Å². The van der Waals surface area contributed by atoms with Gasteiger partial charge in [-0.25, -0.2) is 9.59 Å². The molecule has 0 unspecified atom stereocenters. The zero-order valence-electron chi connectivity index (χ0n) is 28.9. The standard InChI is InChI=1S/C37H50N4O7/c1-22(2)17-25(35(44)40-32(36(45)48-24(5)6)16-15-26(42)20-39-38)19-34(43)33(18-23(3)4)41-37(46)47-21-31-29-13-9-7-11-27(29)28-12-8-10-14-30(28)31/h7-14,20,22-25,31-33H,15-19,21,38H2,1-6H3,(H,40,44)(H,41,46)/t25-,32+,33+/m1/s1. The monoisotopic (exact) mass is 662 g/mol. The quantitative estimate of drug-likeness (QED) is 0.0838. The van der Waals surface area contributed by atoms with Crippen molar-refractivity contribution < 1.29 is 33.4 Å². The molecule has 0 saturated heterocycles. The van der Waals surface area contributed by atoms with Crippen molar-refractivity contribution >= 4 is 35.8 Å². The van der Waals surface area contributed by atoms with Crippen molar-refractivity contribution in [3.63, 3.8) is 0 Å². The van der Waals surface area contributed by atoms with E-state index in [4.69, 9.17) is 15.3 Å². The molecule has 4 N–H and O–H groups in total. The van der Waals surface area contributed by atoms with Gasteiger partial charge in [-0.15, -0.1) is 0 Å². The summed E-state index contributed by atoms with van der Waals surface area (Å²) in [7, 11) is 0. The van der Waals surface area contributed by atoms with E-state index >= 15 is 0 Å². The van der Waals surface area contributed by atoms with Crippen LogP contribution in [0.3, 0.4) is 0 Å². The van der Waals surface area contributed by atoms with Gasteiger partial charge in [0.25, 0.3) is 0 Å². The molecule has 0 fully saturated rings. The van der Waals surface area contributed by atoms with E-state index in [-0.39, 0.29) is 49.4 Å². The molecule has 1 aliphatic rings. The minimum atomic E-state index is -1.11. The number of ether oxygens (including phenoxy) is 2. The summed E-state index contributed by atoms with van der Waals surface area (Å²) >= 11 is 0. The van der Waals surface area contributed by atoms with E-state index in [1.165, 1.54) is 0 Å². The molecule has 2 aromatic carbocycles. The van der Waals surface area contributed by atoms with E-state index in [1.807, 2.05) is 64.1 Å². The summed E-state index contributed by atoms with van der Waals surface area (Å²) in [6, 6.07) is 14.1. The van der Waals surface area contributed by atoms with Gasteiger partial charge in [0.2, 0.25) is 5.91 Å². The number of nitrogens with one attached hydrogen (secondary N) is 2. The van der Waals surface area contributed by atoms with Crippen LogP contribution in [0.25, 0.3) is 11.1 Å². The summed E-state index contributed by atoms with van der Waals surface area (Å²) in [5, 5.41) is 8.69. The second kappa shape index (κ2) is 18.1. The molecule has 3 rings (SSSR count). The molecule has 0 heterocycles. The second-order valence-electron chi connectivity index (χ2n) is 13.5. The van der Waals surface area contributed by atoms with Crippen LogP contribution >= 0.6 is 0 Å². The second-order valence-corrected chi connectivity index (χ2v) is 13.5. The average Bonchev–Trinajstić information content (AvgIpc) is 3.34. The van der Waals surface area contributed by atoms with Crippen molar-refractivity contribution in [3.05, 3.63) is 59.7 Å². The van der Waals surface area contributed by atoms with Gasteiger partial charge < -0.3 is 25.9 Å². The van der Waals surface area contributed by atoms with Crippen molar-refractivity contribution in [2.75, 3.05) is 6.61 Å². The van der Waals surface area contributed by atoms with Gasteiger partial charge in [0, 0.05) is 24.7 Å². The summed E-state index contributed by atoms with van der Waals surface area (Å²) in [5.41, 5.74) is 4.38. The SMILES string of the molecule is CC(C)C[C@H](CC(=O)[C@H](CC(C)C)NC(=O)OCC1c2ccccc2-c2ccccc21)C(=O)N[C@@H](CCC(=O)C=NN)C(=O)OC(C)C. The van der Waals surface area contributed by atoms with Gasteiger partial charge in [-0.05, 0) is 67.2 Å². The molecular formula is C37H50N4O7. The van der Waals surface area contributed by atoms with Crippen LogP contribution in [-0.2, 0) is 28.7 Å². The van der Waals surface area contributed by atoms with Crippen LogP contribution in [0.4, 0.5) is 4.79 Å². The molecule has 0 aliphatic heterocycles. The molecule has 2 aromatic rings. The summed E-state index contributed by atoms with van der Waals surface area (Å²) in [6.45, 7) is 11.2. The van der Waals surface area contributed by atoms with E-state index in [9.17, 15) is 24.0 Å². The molecule has 0 spiro atoms. The highest BCUT2D eigenvalue weighted by Gasteiger charge is 2.33. The first-order chi connectivity index (χ1) is 22.8. The van der Waals surface area contributed by atoms with Crippen LogP contribution in [0.15, 0.2) is 53.6 Å². The molecule has 3 atom stereocenters. The number of fused-ring (bicyclic) bond motifs is 3. The molecular weight excluding hydrogens is 612 g/mol. The molecule has 2 amide bonds. The van der Waals surface area contributed by atoms with Gasteiger partial charge in [-0.3, -0.25) is 14.4 Å². The van der Waals surface area contributed by atoms with Gasteiger partial charge in [0.1, 0.15) is 12.6 Å². The van der Waals surface area contributed by atoms with Gasteiger partial charge in [0.15, 0.2) is 11.6 Å². The number of hydrogen-bond acceptors (Lipinski definition) is 9. The van der Waals surface area contributed by atoms with Crippen LogP contribution in [0.5, 0.6) is 0 Å². The predicted molar refractivity (Wildman–Crippen MR) is 184 cm³/mol. The highest BCUT2D eigenvalue weighted by Crippen LogP contribution is 2.44. The minimum Gasteiger partial charge on any atom is -0.461 e. The molecule has 48 heavy (non-hydrogen) atoms. The Hall–Kier alpha value is -4.54. The number of benzene rings is 2. The number of nitrogens with two attached hydrogens (primary N) is 1. The highest BCUT2D eigenvalue weighted by molar-refractivity contribution is 6.27. The third kappa shape index (κ3) is 11.0. The summed E-state index contributed by atoms with van der Waals surface area (Å²) in [6.07, 6.45) is 0.252. The van der Waals surface area contributed by atoms with Crippen molar-refractivity contribution in [1.29, 1.82) is 0 Å². The first-order valence-electron chi connectivity index (χ1n) is 16.7. The zero-order chi connectivity index (χ0) is 35.4. The Bertz CT molecular complexity index is 1420. The van der Waals surface area contributed by atoms with Crippen molar-refractivity contribution in [3.8, 4) is 11.1 Å². The molecule has 1 aliphatic carbocycles. The molecule has 0 saturated carbocycles. The maximum Gasteiger partial charge on any atom is 0.407 e.